The molecule has 0 aromatic heterocycles. The highest BCUT2D eigenvalue weighted by Gasteiger charge is 2.36. The lowest BCUT2D eigenvalue weighted by molar-refractivity contribution is 0.0735. The molecule has 0 radical (unpaired) electrons. The van der Waals surface area contributed by atoms with Gasteiger partial charge in [0.15, 0.2) is 0 Å². The maximum atomic E-state index is 12.3. The number of alkyl halides is 2. The van der Waals surface area contributed by atoms with Crippen molar-refractivity contribution in [3.63, 3.8) is 0 Å². The second-order valence-corrected chi connectivity index (χ2v) is 4.09. The molecule has 2 atom stereocenters. The van der Waals surface area contributed by atoms with Crippen molar-refractivity contribution in [3.05, 3.63) is 0 Å². The van der Waals surface area contributed by atoms with Gasteiger partial charge in [-0.25, -0.2) is 11.9 Å². The van der Waals surface area contributed by atoms with E-state index in [0.29, 0.717) is 13.1 Å². The molecule has 0 aliphatic carbocycles. The third-order valence-electron chi connectivity index (χ3n) is 2.01. The molecule has 1 aliphatic rings. The summed E-state index contributed by atoms with van der Waals surface area (Å²) in [5.74, 6) is -0.503. The molecular weight excluding hydrogens is 265 g/mol. The van der Waals surface area contributed by atoms with Crippen LogP contribution in [-0.4, -0.2) is 35.7 Å². The Labute approximate surface area is 78.8 Å². The van der Waals surface area contributed by atoms with Crippen LogP contribution in [0.4, 0.5) is 8.78 Å². The number of nitrogens with one attached hydrogen (secondary N) is 1. The van der Waals surface area contributed by atoms with Crippen LogP contribution in [-0.2, 0) is 0 Å². The zero-order valence-corrected chi connectivity index (χ0v) is 8.38. The van der Waals surface area contributed by atoms with Gasteiger partial charge >= 0.3 is 0 Å². The molecule has 0 amide bonds. The summed E-state index contributed by atoms with van der Waals surface area (Å²) in [4.78, 5) is 0. The number of hydrogen-bond donors (Lipinski definition) is 1. The first-order chi connectivity index (χ1) is 5.15. The lowest BCUT2D eigenvalue weighted by Crippen LogP contribution is -2.36. The Morgan fingerprint density at radius 2 is 2.18 bits per heavy atom. The van der Waals surface area contributed by atoms with E-state index in [4.69, 9.17) is 0 Å². The second kappa shape index (κ2) is 3.95. The van der Waals surface area contributed by atoms with Crippen LogP contribution in [0.2, 0.25) is 0 Å². The molecule has 1 rings (SSSR count). The van der Waals surface area contributed by atoms with Crippen LogP contribution in [0.3, 0.4) is 0 Å². The zero-order chi connectivity index (χ0) is 8.43. The quantitative estimate of drug-likeness (QED) is 0.600. The van der Waals surface area contributed by atoms with Gasteiger partial charge in [-0.05, 0) is 7.05 Å². The van der Waals surface area contributed by atoms with E-state index >= 15 is 0 Å². The first kappa shape index (κ1) is 9.60. The van der Waals surface area contributed by atoms with Crippen LogP contribution < -0.4 is 5.32 Å². The van der Waals surface area contributed by atoms with Gasteiger partial charge in [-0.15, -0.1) is 0 Å². The predicted molar refractivity (Wildman–Crippen MR) is 47.9 cm³/mol. The van der Waals surface area contributed by atoms with Crippen molar-refractivity contribution < 1.29 is 8.78 Å². The van der Waals surface area contributed by atoms with Crippen molar-refractivity contribution in [2.45, 2.75) is 12.5 Å². The minimum Gasteiger partial charge on any atom is -0.315 e. The van der Waals surface area contributed by atoms with Gasteiger partial charge in [-0.3, -0.25) is 0 Å². The van der Waals surface area contributed by atoms with Crippen LogP contribution in [0.15, 0.2) is 0 Å². The molecule has 1 fully saturated rings. The fraction of sp³-hybridized carbons (Fsp3) is 1.00. The average Bonchev–Trinajstić information content (AvgIpc) is 2.30. The van der Waals surface area contributed by atoms with E-state index in [1.807, 2.05) is 3.11 Å². The molecule has 0 spiro atoms. The summed E-state index contributed by atoms with van der Waals surface area (Å²) in [5.41, 5.74) is 0. The first-order valence-corrected chi connectivity index (χ1v) is 4.47. The molecule has 1 aliphatic heterocycles. The van der Waals surface area contributed by atoms with Crippen molar-refractivity contribution >= 4 is 22.9 Å². The first-order valence-electron chi connectivity index (χ1n) is 3.51. The molecule has 0 bridgehead atoms. The van der Waals surface area contributed by atoms with Crippen LogP contribution in [0.1, 0.15) is 0 Å². The Morgan fingerprint density at radius 1 is 1.55 bits per heavy atom. The monoisotopic (exact) mass is 276 g/mol. The molecule has 66 valence electrons. The van der Waals surface area contributed by atoms with E-state index in [2.05, 4.69) is 28.2 Å². The van der Waals surface area contributed by atoms with Crippen LogP contribution >= 0.6 is 22.9 Å². The topological polar surface area (TPSA) is 15.3 Å². The molecule has 0 aromatic carbocycles. The normalized spacial score (nSPS) is 33.5. The third-order valence-corrected chi connectivity index (χ3v) is 2.80. The standard InChI is InChI=1S/C6H11F2IN2/c1-10-5-3-11(9)2-4(5)6(7)8/h4-6,10H,2-3H2,1H3. The number of rotatable bonds is 2. The van der Waals surface area contributed by atoms with Gasteiger partial charge in [0.05, 0.1) is 0 Å². The van der Waals surface area contributed by atoms with E-state index in [1.165, 1.54) is 0 Å². The Kier molecular flexibility index (Phi) is 3.45. The largest absolute Gasteiger partial charge is 0.315 e. The van der Waals surface area contributed by atoms with Crippen LogP contribution in [0.25, 0.3) is 0 Å². The smallest absolute Gasteiger partial charge is 0.244 e. The number of halogens is 3. The summed E-state index contributed by atoms with van der Waals surface area (Å²) in [7, 11) is 1.73. The van der Waals surface area contributed by atoms with E-state index in [1.54, 1.807) is 7.05 Å². The van der Waals surface area contributed by atoms with Gasteiger partial charge in [-0.1, -0.05) is 0 Å². The molecular formula is C6H11F2IN2. The summed E-state index contributed by atoms with van der Waals surface area (Å²) < 4.78 is 26.5. The fourth-order valence-electron chi connectivity index (χ4n) is 1.34. The Hall–Kier alpha value is 0.510. The molecule has 2 nitrogen and oxygen atoms in total. The van der Waals surface area contributed by atoms with Crippen molar-refractivity contribution in [2.24, 2.45) is 5.92 Å². The van der Waals surface area contributed by atoms with Crippen molar-refractivity contribution in [1.82, 2.24) is 8.43 Å². The van der Waals surface area contributed by atoms with E-state index in [-0.39, 0.29) is 6.04 Å². The highest BCUT2D eigenvalue weighted by Crippen LogP contribution is 2.25. The van der Waals surface area contributed by atoms with Crippen molar-refractivity contribution in [2.75, 3.05) is 20.1 Å². The molecule has 1 N–H and O–H groups in total. The fourth-order valence-corrected chi connectivity index (χ4v) is 2.22. The second-order valence-electron chi connectivity index (χ2n) is 2.72. The van der Waals surface area contributed by atoms with Crippen molar-refractivity contribution in [1.29, 1.82) is 0 Å². The maximum absolute atomic E-state index is 12.3. The SMILES string of the molecule is CNC1CN(I)CC1C(F)F. The lowest BCUT2D eigenvalue weighted by Gasteiger charge is -2.15. The summed E-state index contributed by atoms with van der Waals surface area (Å²) in [5, 5.41) is 2.90. The Bertz CT molecular complexity index is 134. The van der Waals surface area contributed by atoms with E-state index < -0.39 is 12.3 Å². The Morgan fingerprint density at radius 3 is 2.55 bits per heavy atom. The summed E-state index contributed by atoms with van der Waals surface area (Å²) in [6, 6.07) is -0.0492. The van der Waals surface area contributed by atoms with Gasteiger partial charge in [0.1, 0.15) is 0 Å². The summed E-state index contributed by atoms with van der Waals surface area (Å²) in [6.07, 6.45) is -2.20. The van der Waals surface area contributed by atoms with Gasteiger partial charge < -0.3 is 5.32 Å². The van der Waals surface area contributed by atoms with Crippen LogP contribution in [0, 0.1) is 5.92 Å². The van der Waals surface area contributed by atoms with E-state index in [0.717, 1.165) is 0 Å². The molecule has 0 aromatic rings. The minimum absolute atomic E-state index is 0.0492. The van der Waals surface area contributed by atoms with Gasteiger partial charge in [0.2, 0.25) is 6.43 Å². The number of nitrogens with zero attached hydrogens (tertiary/aromatic N) is 1. The third kappa shape index (κ3) is 2.22. The number of likely N-dealkylation sites (N-methyl/N-ethyl adjacent to an activating group) is 1. The summed E-state index contributed by atoms with van der Waals surface area (Å²) >= 11 is 2.08. The molecule has 1 saturated heterocycles. The van der Waals surface area contributed by atoms with E-state index in [9.17, 15) is 8.78 Å². The molecule has 5 heteroatoms. The van der Waals surface area contributed by atoms with Crippen molar-refractivity contribution in [3.8, 4) is 0 Å². The van der Waals surface area contributed by atoms with Gasteiger partial charge in [0.25, 0.3) is 0 Å². The highest BCUT2D eigenvalue weighted by atomic mass is 127. The average molecular weight is 276 g/mol. The summed E-state index contributed by atoms with van der Waals surface area (Å²) in [6.45, 7) is 1.20. The molecule has 2 unspecified atom stereocenters. The Balaban J connectivity index is 2.50. The van der Waals surface area contributed by atoms with Gasteiger partial charge in [-0.2, -0.15) is 0 Å². The molecule has 1 heterocycles. The maximum Gasteiger partial charge on any atom is 0.244 e. The predicted octanol–water partition coefficient (Wildman–Crippen LogP) is 1.12. The minimum atomic E-state index is -2.20. The lowest BCUT2D eigenvalue weighted by atomic mass is 10.1. The zero-order valence-electron chi connectivity index (χ0n) is 6.23. The van der Waals surface area contributed by atoms with Crippen LogP contribution in [0.5, 0.6) is 0 Å². The molecule has 11 heavy (non-hydrogen) atoms. The highest BCUT2D eigenvalue weighted by molar-refractivity contribution is 14.1. The van der Waals surface area contributed by atoms with Gasteiger partial charge in [0, 0.05) is 47.9 Å². The number of hydrogen-bond acceptors (Lipinski definition) is 2. The molecule has 0 saturated carbocycles.